The van der Waals surface area contributed by atoms with Crippen LogP contribution in [0.4, 0.5) is 4.79 Å². The molecule has 0 aromatic carbocycles. The van der Waals surface area contributed by atoms with Crippen LogP contribution in [0.3, 0.4) is 0 Å². The van der Waals surface area contributed by atoms with Crippen LogP contribution >= 0.6 is 0 Å². The molecule has 2 saturated heterocycles. The maximum atomic E-state index is 12.5. The number of amides is 1. The monoisotopic (exact) mass is 334 g/mol. The van der Waals surface area contributed by atoms with Gasteiger partial charge in [0.2, 0.25) is 0 Å². The third kappa shape index (κ3) is 3.07. The number of piperidine rings is 1. The van der Waals surface area contributed by atoms with Gasteiger partial charge in [-0.1, -0.05) is 0 Å². The predicted molar refractivity (Wildman–Crippen MR) is 88.8 cm³/mol. The fraction of sp³-hybridized carbons (Fsp3) is 0.667. The van der Waals surface area contributed by atoms with E-state index in [2.05, 4.69) is 4.98 Å². The number of fused-ring (bicyclic) bond motifs is 2. The van der Waals surface area contributed by atoms with E-state index in [1.807, 2.05) is 25.7 Å². The van der Waals surface area contributed by atoms with Gasteiger partial charge in [-0.2, -0.15) is 0 Å². The number of rotatable bonds is 2. The molecule has 132 valence electrons. The van der Waals surface area contributed by atoms with Gasteiger partial charge >= 0.3 is 6.09 Å². The minimum absolute atomic E-state index is 0.0125. The summed E-state index contributed by atoms with van der Waals surface area (Å²) in [7, 11) is 1.58. The molecule has 3 rings (SSSR count). The van der Waals surface area contributed by atoms with E-state index in [0.29, 0.717) is 18.6 Å². The van der Waals surface area contributed by atoms with E-state index in [4.69, 9.17) is 9.47 Å². The molecule has 24 heavy (non-hydrogen) atoms. The highest BCUT2D eigenvalue weighted by molar-refractivity contribution is 5.70. The van der Waals surface area contributed by atoms with E-state index in [1.54, 1.807) is 25.6 Å². The summed E-state index contributed by atoms with van der Waals surface area (Å²) in [4.78, 5) is 18.4. The summed E-state index contributed by atoms with van der Waals surface area (Å²) in [5.74, 6) is 0.588. The van der Waals surface area contributed by atoms with Gasteiger partial charge in [0.05, 0.1) is 18.9 Å². The molecule has 1 N–H and O–H groups in total. The summed E-state index contributed by atoms with van der Waals surface area (Å²) in [6, 6.07) is 1.78. The first-order valence-corrected chi connectivity index (χ1v) is 8.46. The molecule has 2 fully saturated rings. The third-order valence-corrected chi connectivity index (χ3v) is 4.88. The largest absolute Gasteiger partial charge is 0.495 e. The van der Waals surface area contributed by atoms with Crippen molar-refractivity contribution in [1.29, 1.82) is 0 Å². The fourth-order valence-corrected chi connectivity index (χ4v) is 3.98. The molecule has 2 bridgehead atoms. The number of ether oxygens (including phenoxy) is 2. The average Bonchev–Trinajstić information content (AvgIpc) is 2.78. The Kier molecular flexibility index (Phi) is 4.20. The van der Waals surface area contributed by atoms with Crippen LogP contribution in [0.2, 0.25) is 0 Å². The smallest absolute Gasteiger partial charge is 0.410 e. The minimum Gasteiger partial charge on any atom is -0.495 e. The second-order valence-corrected chi connectivity index (χ2v) is 7.79. The zero-order chi connectivity index (χ0) is 17.5. The van der Waals surface area contributed by atoms with Crippen molar-refractivity contribution in [2.45, 2.75) is 69.7 Å². The lowest BCUT2D eigenvalue weighted by Crippen LogP contribution is -2.53. The van der Waals surface area contributed by atoms with Gasteiger partial charge in [-0.3, -0.25) is 4.98 Å². The van der Waals surface area contributed by atoms with Crippen molar-refractivity contribution in [3.05, 3.63) is 24.0 Å². The zero-order valence-electron chi connectivity index (χ0n) is 14.8. The van der Waals surface area contributed by atoms with Crippen molar-refractivity contribution in [2.75, 3.05) is 7.11 Å². The molecule has 1 unspecified atom stereocenters. The molecule has 2 aliphatic heterocycles. The van der Waals surface area contributed by atoms with Gasteiger partial charge in [-0.25, -0.2) is 4.79 Å². The van der Waals surface area contributed by atoms with Gasteiger partial charge in [0, 0.05) is 36.7 Å². The lowest BCUT2D eigenvalue weighted by atomic mass is 9.80. The van der Waals surface area contributed by atoms with Crippen molar-refractivity contribution in [3.8, 4) is 5.75 Å². The van der Waals surface area contributed by atoms with Gasteiger partial charge in [0.25, 0.3) is 0 Å². The molecule has 0 saturated carbocycles. The third-order valence-electron chi connectivity index (χ3n) is 4.88. The van der Waals surface area contributed by atoms with Gasteiger partial charge in [0.1, 0.15) is 11.4 Å². The Morgan fingerprint density at radius 1 is 1.33 bits per heavy atom. The topological polar surface area (TPSA) is 71.9 Å². The standard InChI is InChI=1S/C18H26N2O4/c1-17(2,3)24-16(21)20-12-5-6-13(20)10-18(22,9-12)14-7-8-19-11-15(14)23-4/h7-8,11-13,22H,5-6,9-10H2,1-4H3/t12-,13+,18?. The van der Waals surface area contributed by atoms with Gasteiger partial charge < -0.3 is 19.5 Å². The molecule has 0 aliphatic carbocycles. The van der Waals surface area contributed by atoms with E-state index in [1.165, 1.54) is 0 Å². The highest BCUT2D eigenvalue weighted by Crippen LogP contribution is 2.48. The van der Waals surface area contributed by atoms with Crippen LogP contribution in [0.1, 0.15) is 52.0 Å². The molecule has 0 spiro atoms. The fourth-order valence-electron chi connectivity index (χ4n) is 3.98. The van der Waals surface area contributed by atoms with Crippen LogP contribution < -0.4 is 4.74 Å². The number of aromatic nitrogens is 1. The number of nitrogens with zero attached hydrogens (tertiary/aromatic N) is 2. The molecule has 6 heteroatoms. The number of aliphatic hydroxyl groups is 1. The molecule has 3 atom stereocenters. The Morgan fingerprint density at radius 2 is 1.96 bits per heavy atom. The van der Waals surface area contributed by atoms with Crippen LogP contribution in [0.15, 0.2) is 18.5 Å². The molecular formula is C18H26N2O4. The van der Waals surface area contributed by atoms with Gasteiger partial charge in [0.15, 0.2) is 0 Å². The number of carbonyl (C=O) groups excluding carboxylic acids is 1. The first-order chi connectivity index (χ1) is 11.2. The molecule has 3 heterocycles. The van der Waals surface area contributed by atoms with E-state index < -0.39 is 11.2 Å². The Labute approximate surface area is 142 Å². The second kappa shape index (κ2) is 5.92. The SMILES string of the molecule is COc1cnccc1C1(O)C[C@H]2CC[C@@H](C1)N2C(=O)OC(C)(C)C. The van der Waals surface area contributed by atoms with Crippen molar-refractivity contribution in [2.24, 2.45) is 0 Å². The second-order valence-electron chi connectivity index (χ2n) is 7.79. The van der Waals surface area contributed by atoms with E-state index in [9.17, 15) is 9.90 Å². The number of methoxy groups -OCH3 is 1. The molecule has 1 amide bonds. The van der Waals surface area contributed by atoms with Crippen molar-refractivity contribution in [3.63, 3.8) is 0 Å². The van der Waals surface area contributed by atoms with Crippen LogP contribution in [-0.2, 0) is 10.3 Å². The van der Waals surface area contributed by atoms with Crippen LogP contribution in [0.5, 0.6) is 5.75 Å². The molecule has 1 aromatic heterocycles. The Morgan fingerprint density at radius 3 is 2.50 bits per heavy atom. The maximum Gasteiger partial charge on any atom is 0.410 e. The van der Waals surface area contributed by atoms with Gasteiger partial charge in [-0.05, 0) is 39.7 Å². The first-order valence-electron chi connectivity index (χ1n) is 8.46. The van der Waals surface area contributed by atoms with Crippen molar-refractivity contribution >= 4 is 6.09 Å². The highest BCUT2D eigenvalue weighted by atomic mass is 16.6. The molecule has 1 aromatic rings. The van der Waals surface area contributed by atoms with Crippen LogP contribution in [0.25, 0.3) is 0 Å². The zero-order valence-corrected chi connectivity index (χ0v) is 14.8. The summed E-state index contributed by atoms with van der Waals surface area (Å²) >= 11 is 0. The summed E-state index contributed by atoms with van der Waals surface area (Å²) in [5.41, 5.74) is -0.766. The van der Waals surface area contributed by atoms with E-state index in [0.717, 1.165) is 18.4 Å². The number of hydrogen-bond acceptors (Lipinski definition) is 5. The van der Waals surface area contributed by atoms with Crippen LogP contribution in [-0.4, -0.2) is 45.9 Å². The van der Waals surface area contributed by atoms with Gasteiger partial charge in [-0.15, -0.1) is 0 Å². The summed E-state index contributed by atoms with van der Waals surface area (Å²) in [6.45, 7) is 5.61. The lowest BCUT2D eigenvalue weighted by Gasteiger charge is -2.44. The summed E-state index contributed by atoms with van der Waals surface area (Å²) < 4.78 is 10.9. The van der Waals surface area contributed by atoms with Crippen LogP contribution in [0, 0.1) is 0 Å². The quantitative estimate of drug-likeness (QED) is 0.900. The number of pyridine rings is 1. The minimum atomic E-state index is -1.00. The van der Waals surface area contributed by atoms with E-state index in [-0.39, 0.29) is 18.2 Å². The average molecular weight is 334 g/mol. The predicted octanol–water partition coefficient (Wildman–Crippen LogP) is 2.84. The van der Waals surface area contributed by atoms with E-state index >= 15 is 0 Å². The summed E-state index contributed by atoms with van der Waals surface area (Å²) in [6.07, 6.45) is 5.76. The first kappa shape index (κ1) is 17.0. The molecule has 0 radical (unpaired) electrons. The highest BCUT2D eigenvalue weighted by Gasteiger charge is 2.51. The van der Waals surface area contributed by atoms with Crippen molar-refractivity contribution < 1.29 is 19.4 Å². The normalized spacial score (nSPS) is 29.5. The molecular weight excluding hydrogens is 308 g/mol. The Hall–Kier alpha value is -1.82. The lowest BCUT2D eigenvalue weighted by molar-refractivity contribution is -0.0633. The maximum absolute atomic E-state index is 12.5. The summed E-state index contributed by atoms with van der Waals surface area (Å²) in [5, 5.41) is 11.3. The molecule has 6 nitrogen and oxygen atoms in total. The number of carbonyl (C=O) groups is 1. The Bertz CT molecular complexity index is 612. The van der Waals surface area contributed by atoms with Crippen molar-refractivity contribution in [1.82, 2.24) is 9.88 Å². The molecule has 2 aliphatic rings. The Balaban J connectivity index is 1.83. The number of hydrogen-bond donors (Lipinski definition) is 1.